The number of carboxylic acids is 1. The highest BCUT2D eigenvalue weighted by molar-refractivity contribution is 7.18. The zero-order valence-corrected chi connectivity index (χ0v) is 18.7. The molecule has 2 heterocycles. The molecule has 0 fully saturated rings. The van der Waals surface area contributed by atoms with Gasteiger partial charge in [-0.3, -0.25) is 9.89 Å². The standard InChI is InChI=1S/C17H11ClF2N6OS.C2HF3O2/c1-7(27)22-8-4-9(15(20)11(19)5-8)16-25-26-17(28-16)23-13-3-2-12-10(14(13)18)6-21-24-12;3-2(4,5)1(6)7/h2-6H,1H3,(H,21,24)(H,22,27)(H,23,26);(H,6,7). The molecule has 0 saturated heterocycles. The number of aliphatic carboxylic acids is 1. The third-order valence-electron chi connectivity index (χ3n) is 4.05. The number of carboxylic acid groups (broad SMARTS) is 1. The Morgan fingerprint density at radius 2 is 1.86 bits per heavy atom. The smallest absolute Gasteiger partial charge is 0.475 e. The number of hydrogen-bond acceptors (Lipinski definition) is 7. The predicted octanol–water partition coefficient (Wildman–Crippen LogP) is 5.35. The van der Waals surface area contributed by atoms with Crippen LogP contribution in [0.4, 0.5) is 38.5 Å². The van der Waals surface area contributed by atoms with Gasteiger partial charge in [0.1, 0.15) is 0 Å². The molecule has 0 radical (unpaired) electrons. The summed E-state index contributed by atoms with van der Waals surface area (Å²) in [6.45, 7) is 1.27. The summed E-state index contributed by atoms with van der Waals surface area (Å²) in [6, 6.07) is 5.74. The first-order valence-corrected chi connectivity index (χ1v) is 10.4. The van der Waals surface area contributed by atoms with E-state index in [0.29, 0.717) is 15.8 Å². The molecule has 0 saturated carbocycles. The minimum absolute atomic E-state index is 0.106. The molecule has 0 aliphatic rings. The molecule has 35 heavy (non-hydrogen) atoms. The molecular weight excluding hydrogens is 523 g/mol. The molecule has 2 aromatic heterocycles. The summed E-state index contributed by atoms with van der Waals surface area (Å²) in [5.41, 5.74) is 1.36. The van der Waals surface area contributed by atoms with Gasteiger partial charge >= 0.3 is 12.1 Å². The Balaban J connectivity index is 0.000000429. The molecule has 16 heteroatoms. The van der Waals surface area contributed by atoms with Crippen molar-refractivity contribution < 1.29 is 36.6 Å². The number of nitrogens with zero attached hydrogens (tertiary/aromatic N) is 3. The minimum Gasteiger partial charge on any atom is -0.475 e. The summed E-state index contributed by atoms with van der Waals surface area (Å²) in [4.78, 5) is 20.1. The van der Waals surface area contributed by atoms with Gasteiger partial charge in [0.25, 0.3) is 0 Å². The molecule has 184 valence electrons. The van der Waals surface area contributed by atoms with Crippen LogP contribution in [0.15, 0.2) is 30.5 Å². The molecule has 4 aromatic rings. The zero-order valence-electron chi connectivity index (χ0n) is 17.2. The first-order valence-electron chi connectivity index (χ1n) is 9.16. The number of amides is 1. The van der Waals surface area contributed by atoms with Crippen LogP contribution in [-0.4, -0.2) is 43.6 Å². The average Bonchev–Trinajstić information content (AvgIpc) is 3.42. The van der Waals surface area contributed by atoms with E-state index in [0.717, 1.165) is 28.3 Å². The van der Waals surface area contributed by atoms with E-state index in [4.69, 9.17) is 21.5 Å². The Labute approximate surface area is 200 Å². The Morgan fingerprint density at radius 3 is 2.49 bits per heavy atom. The third kappa shape index (κ3) is 6.19. The molecule has 2 aromatic carbocycles. The van der Waals surface area contributed by atoms with Crippen LogP contribution in [0, 0.1) is 11.6 Å². The number of nitrogens with one attached hydrogen (secondary N) is 3. The van der Waals surface area contributed by atoms with Gasteiger partial charge in [0, 0.05) is 24.1 Å². The van der Waals surface area contributed by atoms with Crippen molar-refractivity contribution in [3.05, 3.63) is 47.1 Å². The van der Waals surface area contributed by atoms with Crippen LogP contribution in [0.25, 0.3) is 21.5 Å². The van der Waals surface area contributed by atoms with Crippen LogP contribution >= 0.6 is 22.9 Å². The highest BCUT2D eigenvalue weighted by Gasteiger charge is 2.38. The van der Waals surface area contributed by atoms with E-state index in [-0.39, 0.29) is 16.3 Å². The Hall–Kier alpha value is -3.85. The molecule has 0 atom stereocenters. The largest absolute Gasteiger partial charge is 0.490 e. The van der Waals surface area contributed by atoms with Gasteiger partial charge in [0.2, 0.25) is 11.0 Å². The van der Waals surface area contributed by atoms with Crippen molar-refractivity contribution in [1.82, 2.24) is 20.4 Å². The normalized spacial score (nSPS) is 11.1. The number of halogens is 6. The maximum Gasteiger partial charge on any atom is 0.490 e. The van der Waals surface area contributed by atoms with E-state index in [9.17, 15) is 26.7 Å². The SMILES string of the molecule is CC(=O)Nc1cc(F)c(F)c(-c2nnc(Nc3ccc4[nH]ncc4c3Cl)s2)c1.O=C(O)C(F)(F)F. The molecule has 0 aliphatic carbocycles. The molecular formula is C19H12ClF5N6O3S. The lowest BCUT2D eigenvalue weighted by atomic mass is 10.2. The fraction of sp³-hybridized carbons (Fsp3) is 0.105. The molecule has 4 rings (SSSR count). The second kappa shape index (κ2) is 10.2. The van der Waals surface area contributed by atoms with Gasteiger partial charge in [-0.2, -0.15) is 18.3 Å². The molecule has 0 unspecified atom stereocenters. The summed E-state index contributed by atoms with van der Waals surface area (Å²) in [7, 11) is 0. The van der Waals surface area contributed by atoms with Gasteiger partial charge in [-0.15, -0.1) is 10.2 Å². The highest BCUT2D eigenvalue weighted by Crippen LogP contribution is 2.36. The second-order valence-corrected chi connectivity index (χ2v) is 7.95. The molecule has 0 aliphatic heterocycles. The maximum absolute atomic E-state index is 14.2. The number of fused-ring (bicyclic) bond motifs is 1. The van der Waals surface area contributed by atoms with Crippen LogP contribution in [0.3, 0.4) is 0 Å². The van der Waals surface area contributed by atoms with Gasteiger partial charge in [0.15, 0.2) is 16.6 Å². The van der Waals surface area contributed by atoms with Crippen molar-refractivity contribution in [2.45, 2.75) is 13.1 Å². The van der Waals surface area contributed by atoms with E-state index in [1.54, 1.807) is 18.3 Å². The quantitative estimate of drug-likeness (QED) is 0.259. The van der Waals surface area contributed by atoms with Crippen molar-refractivity contribution in [2.75, 3.05) is 10.6 Å². The van der Waals surface area contributed by atoms with Crippen molar-refractivity contribution in [2.24, 2.45) is 0 Å². The lowest BCUT2D eigenvalue weighted by molar-refractivity contribution is -0.192. The number of rotatable bonds is 4. The maximum atomic E-state index is 14.2. The number of carbonyl (C=O) groups excluding carboxylic acids is 1. The summed E-state index contributed by atoms with van der Waals surface area (Å²) < 4.78 is 59.9. The highest BCUT2D eigenvalue weighted by atomic mass is 35.5. The molecule has 9 nitrogen and oxygen atoms in total. The van der Waals surface area contributed by atoms with Crippen LogP contribution in [0.5, 0.6) is 0 Å². The van der Waals surface area contributed by atoms with Gasteiger partial charge in [0.05, 0.1) is 28.0 Å². The Bertz CT molecular complexity index is 1410. The average molecular weight is 535 g/mol. The van der Waals surface area contributed by atoms with Crippen molar-refractivity contribution in [1.29, 1.82) is 0 Å². The van der Waals surface area contributed by atoms with Crippen LogP contribution < -0.4 is 10.6 Å². The number of benzene rings is 2. The van der Waals surface area contributed by atoms with Crippen molar-refractivity contribution in [3.8, 4) is 10.6 Å². The minimum atomic E-state index is -5.08. The van der Waals surface area contributed by atoms with E-state index in [2.05, 4.69) is 31.0 Å². The Morgan fingerprint density at radius 1 is 1.17 bits per heavy atom. The monoisotopic (exact) mass is 534 g/mol. The van der Waals surface area contributed by atoms with Gasteiger partial charge in [-0.05, 0) is 18.2 Å². The Kier molecular flexibility index (Phi) is 7.50. The molecule has 0 bridgehead atoms. The van der Waals surface area contributed by atoms with E-state index >= 15 is 0 Å². The number of aromatic amines is 1. The molecule has 1 amide bonds. The second-order valence-electron chi connectivity index (χ2n) is 6.60. The number of anilines is 3. The van der Waals surface area contributed by atoms with Crippen LogP contribution in [-0.2, 0) is 9.59 Å². The lowest BCUT2D eigenvalue weighted by Gasteiger charge is -2.06. The van der Waals surface area contributed by atoms with Crippen LogP contribution in [0.2, 0.25) is 5.02 Å². The topological polar surface area (TPSA) is 133 Å². The fourth-order valence-corrected chi connectivity index (χ4v) is 3.62. The number of carbonyl (C=O) groups is 2. The summed E-state index contributed by atoms with van der Waals surface area (Å²) in [6.07, 6.45) is -3.49. The first-order chi connectivity index (χ1) is 16.4. The zero-order chi connectivity index (χ0) is 25.9. The number of alkyl halides is 3. The summed E-state index contributed by atoms with van der Waals surface area (Å²) in [5.74, 6) is -5.33. The predicted molar refractivity (Wildman–Crippen MR) is 118 cm³/mol. The van der Waals surface area contributed by atoms with E-state index in [1.807, 2.05) is 0 Å². The fourth-order valence-electron chi connectivity index (χ4n) is 2.60. The van der Waals surface area contributed by atoms with E-state index in [1.165, 1.54) is 13.0 Å². The van der Waals surface area contributed by atoms with Gasteiger partial charge in [-0.25, -0.2) is 13.6 Å². The van der Waals surface area contributed by atoms with E-state index < -0.39 is 29.7 Å². The summed E-state index contributed by atoms with van der Waals surface area (Å²) >= 11 is 7.37. The third-order valence-corrected chi connectivity index (χ3v) is 5.33. The van der Waals surface area contributed by atoms with Crippen molar-refractivity contribution >= 4 is 62.2 Å². The first kappa shape index (κ1) is 25.8. The van der Waals surface area contributed by atoms with Crippen LogP contribution in [0.1, 0.15) is 6.92 Å². The van der Waals surface area contributed by atoms with Gasteiger partial charge < -0.3 is 15.7 Å². The molecule has 0 spiro atoms. The van der Waals surface area contributed by atoms with Crippen molar-refractivity contribution in [3.63, 3.8) is 0 Å². The van der Waals surface area contributed by atoms with Gasteiger partial charge in [-0.1, -0.05) is 22.9 Å². The molecule has 4 N–H and O–H groups in total. The number of hydrogen-bond donors (Lipinski definition) is 4. The lowest BCUT2D eigenvalue weighted by Crippen LogP contribution is -2.21. The number of aromatic nitrogens is 4. The summed E-state index contributed by atoms with van der Waals surface area (Å²) in [5, 5.41) is 28.8. The number of H-pyrrole nitrogens is 1.